The van der Waals surface area contributed by atoms with Crippen molar-refractivity contribution in [2.24, 2.45) is 0 Å². The zero-order valence-corrected chi connectivity index (χ0v) is 17.0. The van der Waals surface area contributed by atoms with E-state index in [1.165, 1.54) is 29.5 Å². The monoisotopic (exact) mass is 405 g/mol. The zero-order valence-electron chi connectivity index (χ0n) is 15.4. The number of rotatable bonds is 10. The predicted octanol–water partition coefficient (Wildman–Crippen LogP) is 5.62. The molecule has 0 saturated carbocycles. The Labute approximate surface area is 159 Å². The summed E-state index contributed by atoms with van der Waals surface area (Å²) in [6, 6.07) is 12.4. The second-order valence-corrected chi connectivity index (χ2v) is 6.92. The van der Waals surface area contributed by atoms with Crippen molar-refractivity contribution < 1.29 is 9.47 Å². The molecule has 0 amide bonds. The fraction of sp³-hybridized carbons (Fsp3) is 0.429. The van der Waals surface area contributed by atoms with E-state index in [0.29, 0.717) is 13.2 Å². The van der Waals surface area contributed by atoms with Gasteiger partial charge in [-0.05, 0) is 55.6 Å². The molecule has 2 aromatic carbocycles. The van der Waals surface area contributed by atoms with Crippen LogP contribution in [0.2, 0.25) is 0 Å². The molecular weight excluding hydrogens is 378 g/mol. The molecule has 25 heavy (non-hydrogen) atoms. The van der Waals surface area contributed by atoms with Crippen molar-refractivity contribution in [1.29, 1.82) is 0 Å². The van der Waals surface area contributed by atoms with E-state index in [9.17, 15) is 0 Å². The minimum absolute atomic E-state index is 0.535. The molecule has 0 heterocycles. The summed E-state index contributed by atoms with van der Waals surface area (Å²) in [6.07, 6.45) is 2.39. The van der Waals surface area contributed by atoms with Gasteiger partial charge in [0.05, 0.1) is 6.61 Å². The Kier molecular flexibility index (Phi) is 8.29. The Morgan fingerprint density at radius 1 is 1.00 bits per heavy atom. The molecule has 3 nitrogen and oxygen atoms in total. The Hall–Kier alpha value is -1.52. The van der Waals surface area contributed by atoms with E-state index in [-0.39, 0.29) is 0 Å². The average molecular weight is 406 g/mol. The topological polar surface area (TPSA) is 30.5 Å². The van der Waals surface area contributed by atoms with E-state index in [0.717, 1.165) is 29.1 Å². The highest BCUT2D eigenvalue weighted by atomic mass is 79.9. The van der Waals surface area contributed by atoms with Crippen molar-refractivity contribution in [2.45, 2.75) is 46.8 Å². The first kappa shape index (κ1) is 19.8. The van der Waals surface area contributed by atoms with Gasteiger partial charge in [0.1, 0.15) is 6.61 Å². The number of nitrogens with one attached hydrogen (secondary N) is 1. The molecular formula is C21H28BrNO2. The highest BCUT2D eigenvalue weighted by Crippen LogP contribution is 2.34. The van der Waals surface area contributed by atoms with Gasteiger partial charge in [0.15, 0.2) is 11.5 Å². The van der Waals surface area contributed by atoms with Crippen LogP contribution in [0.5, 0.6) is 11.5 Å². The van der Waals surface area contributed by atoms with Gasteiger partial charge in [-0.3, -0.25) is 0 Å². The lowest BCUT2D eigenvalue weighted by Crippen LogP contribution is -2.15. The molecule has 2 aromatic rings. The molecule has 0 radical (unpaired) electrons. The molecule has 0 spiro atoms. The van der Waals surface area contributed by atoms with Crippen molar-refractivity contribution >= 4 is 15.9 Å². The molecule has 0 aliphatic carbocycles. The fourth-order valence-corrected chi connectivity index (χ4v) is 3.01. The first-order valence-corrected chi connectivity index (χ1v) is 9.78. The molecule has 2 rings (SSSR count). The molecule has 0 fully saturated rings. The van der Waals surface area contributed by atoms with Crippen LogP contribution >= 0.6 is 15.9 Å². The van der Waals surface area contributed by atoms with E-state index < -0.39 is 0 Å². The van der Waals surface area contributed by atoms with Gasteiger partial charge in [0, 0.05) is 11.0 Å². The van der Waals surface area contributed by atoms with Crippen molar-refractivity contribution in [3.63, 3.8) is 0 Å². The third kappa shape index (κ3) is 6.05. The minimum Gasteiger partial charge on any atom is -0.490 e. The third-order valence-corrected chi connectivity index (χ3v) is 4.82. The van der Waals surface area contributed by atoms with Crippen molar-refractivity contribution in [3.8, 4) is 11.5 Å². The number of benzene rings is 2. The number of aryl methyl sites for hydroxylation is 1. The standard InChI is InChI=1S/C21H28BrNO2/c1-4-6-11-23-14-18-12-20(24-5-2)21(13-19(18)22)25-15-17-10-8-7-9-16(17)3/h7-10,12-13,23H,4-6,11,14-15H2,1-3H3. The first-order chi connectivity index (χ1) is 12.2. The minimum atomic E-state index is 0.535. The molecule has 0 atom stereocenters. The number of hydrogen-bond acceptors (Lipinski definition) is 3. The van der Waals surface area contributed by atoms with E-state index >= 15 is 0 Å². The Morgan fingerprint density at radius 3 is 2.48 bits per heavy atom. The Balaban J connectivity index is 2.11. The zero-order chi connectivity index (χ0) is 18.1. The highest BCUT2D eigenvalue weighted by molar-refractivity contribution is 9.10. The van der Waals surface area contributed by atoms with Crippen LogP contribution in [0.25, 0.3) is 0 Å². The maximum atomic E-state index is 6.06. The highest BCUT2D eigenvalue weighted by Gasteiger charge is 2.11. The third-order valence-electron chi connectivity index (χ3n) is 4.08. The molecule has 1 N–H and O–H groups in total. The molecule has 4 heteroatoms. The van der Waals surface area contributed by atoms with E-state index in [4.69, 9.17) is 9.47 Å². The molecule has 136 valence electrons. The van der Waals surface area contributed by atoms with Gasteiger partial charge < -0.3 is 14.8 Å². The van der Waals surface area contributed by atoms with E-state index in [1.54, 1.807) is 0 Å². The fourth-order valence-electron chi connectivity index (χ4n) is 2.55. The van der Waals surface area contributed by atoms with Crippen LogP contribution in [0, 0.1) is 6.92 Å². The lowest BCUT2D eigenvalue weighted by Gasteiger charge is -2.16. The van der Waals surface area contributed by atoms with Gasteiger partial charge in [-0.1, -0.05) is 53.5 Å². The van der Waals surface area contributed by atoms with Crippen molar-refractivity contribution in [1.82, 2.24) is 5.32 Å². The second kappa shape index (κ2) is 10.5. The van der Waals surface area contributed by atoms with Crippen molar-refractivity contribution in [2.75, 3.05) is 13.2 Å². The average Bonchev–Trinajstić information content (AvgIpc) is 2.61. The van der Waals surface area contributed by atoms with Crippen LogP contribution in [0.4, 0.5) is 0 Å². The van der Waals surface area contributed by atoms with Gasteiger partial charge >= 0.3 is 0 Å². The molecule has 0 aliphatic rings. The van der Waals surface area contributed by atoms with E-state index in [2.05, 4.69) is 53.3 Å². The second-order valence-electron chi connectivity index (χ2n) is 6.07. The van der Waals surface area contributed by atoms with Gasteiger partial charge in [-0.15, -0.1) is 0 Å². The molecule has 0 aliphatic heterocycles. The summed E-state index contributed by atoms with van der Waals surface area (Å²) in [5, 5.41) is 3.47. The summed E-state index contributed by atoms with van der Waals surface area (Å²) in [6.45, 7) is 9.29. The lowest BCUT2D eigenvalue weighted by molar-refractivity contribution is 0.268. The van der Waals surface area contributed by atoms with Crippen molar-refractivity contribution in [3.05, 3.63) is 57.6 Å². The van der Waals surface area contributed by atoms with Gasteiger partial charge in [0.25, 0.3) is 0 Å². The summed E-state index contributed by atoms with van der Waals surface area (Å²) in [5.41, 5.74) is 3.60. The maximum absolute atomic E-state index is 6.06. The maximum Gasteiger partial charge on any atom is 0.162 e. The van der Waals surface area contributed by atoms with Crippen LogP contribution in [0.3, 0.4) is 0 Å². The van der Waals surface area contributed by atoms with Crippen LogP contribution in [0.1, 0.15) is 43.4 Å². The number of ether oxygens (including phenoxy) is 2. The quantitative estimate of drug-likeness (QED) is 0.519. The Bertz CT molecular complexity index is 673. The molecule has 0 unspecified atom stereocenters. The normalized spacial score (nSPS) is 10.7. The summed E-state index contributed by atoms with van der Waals surface area (Å²) >= 11 is 3.67. The lowest BCUT2D eigenvalue weighted by atomic mass is 10.1. The Morgan fingerprint density at radius 2 is 1.76 bits per heavy atom. The SMILES string of the molecule is CCCCNCc1cc(OCC)c(OCc2ccccc2C)cc1Br. The first-order valence-electron chi connectivity index (χ1n) is 8.99. The van der Waals surface area contributed by atoms with Gasteiger partial charge in [-0.2, -0.15) is 0 Å². The van der Waals surface area contributed by atoms with Crippen LogP contribution in [-0.4, -0.2) is 13.2 Å². The number of unbranched alkanes of at least 4 members (excludes halogenated alkanes) is 1. The number of hydrogen-bond donors (Lipinski definition) is 1. The summed E-state index contributed by atoms with van der Waals surface area (Å²) < 4.78 is 12.9. The largest absolute Gasteiger partial charge is 0.490 e. The summed E-state index contributed by atoms with van der Waals surface area (Å²) in [5.74, 6) is 1.57. The van der Waals surface area contributed by atoms with Crippen LogP contribution < -0.4 is 14.8 Å². The summed E-state index contributed by atoms with van der Waals surface area (Å²) in [4.78, 5) is 0. The predicted molar refractivity (Wildman–Crippen MR) is 107 cm³/mol. The van der Waals surface area contributed by atoms with Crippen LogP contribution in [0.15, 0.2) is 40.9 Å². The molecule has 0 saturated heterocycles. The molecule has 0 aromatic heterocycles. The molecule has 0 bridgehead atoms. The smallest absolute Gasteiger partial charge is 0.162 e. The summed E-state index contributed by atoms with van der Waals surface area (Å²) in [7, 11) is 0. The van der Waals surface area contributed by atoms with Crippen LogP contribution in [-0.2, 0) is 13.2 Å². The number of halogens is 1. The van der Waals surface area contributed by atoms with Gasteiger partial charge in [0.2, 0.25) is 0 Å². The van der Waals surface area contributed by atoms with E-state index in [1.807, 2.05) is 25.1 Å². The van der Waals surface area contributed by atoms with Gasteiger partial charge in [-0.25, -0.2) is 0 Å².